The van der Waals surface area contributed by atoms with Crippen LogP contribution in [0.3, 0.4) is 0 Å². The molecule has 0 spiro atoms. The molecule has 0 aromatic heterocycles. The van der Waals surface area contributed by atoms with E-state index in [0.29, 0.717) is 12.0 Å². The lowest BCUT2D eigenvalue weighted by atomic mass is 9.99. The number of phenols is 1. The predicted octanol–water partition coefficient (Wildman–Crippen LogP) is 0.860. The molecule has 1 unspecified atom stereocenters. The fourth-order valence-corrected chi connectivity index (χ4v) is 4.79. The van der Waals surface area contributed by atoms with Crippen molar-refractivity contribution in [3.8, 4) is 5.75 Å². The summed E-state index contributed by atoms with van der Waals surface area (Å²) in [7, 11) is -3.98. The number of carbonyl (C=O) groups is 2. The van der Waals surface area contributed by atoms with E-state index in [1.165, 1.54) is 12.1 Å². The monoisotopic (exact) mass is 401 g/mol. The maximum absolute atomic E-state index is 12.4. The topological polar surface area (TPSA) is 116 Å². The van der Waals surface area contributed by atoms with Crippen molar-refractivity contribution in [1.82, 2.24) is 10.0 Å². The lowest BCUT2D eigenvalue weighted by Crippen LogP contribution is -2.35. The van der Waals surface area contributed by atoms with Crippen LogP contribution in [0.15, 0.2) is 42.5 Å². The van der Waals surface area contributed by atoms with Crippen molar-refractivity contribution in [3.63, 3.8) is 0 Å². The molecule has 2 aliphatic heterocycles. The molecule has 1 saturated heterocycles. The molecule has 0 bridgehead atoms. The molecule has 0 saturated carbocycles. The molecule has 3 N–H and O–H groups in total. The Morgan fingerprint density at radius 2 is 1.93 bits per heavy atom. The van der Waals surface area contributed by atoms with Gasteiger partial charge in [0.15, 0.2) is 0 Å². The Labute approximate surface area is 162 Å². The smallest absolute Gasteiger partial charge is 0.326 e. The van der Waals surface area contributed by atoms with Gasteiger partial charge in [-0.3, -0.25) is 9.59 Å². The summed E-state index contributed by atoms with van der Waals surface area (Å²) in [6.45, 7) is -0.369. The van der Waals surface area contributed by atoms with Crippen molar-refractivity contribution in [2.45, 2.75) is 25.3 Å². The van der Waals surface area contributed by atoms with Gasteiger partial charge in [-0.1, -0.05) is 24.3 Å². The van der Waals surface area contributed by atoms with E-state index in [9.17, 15) is 23.1 Å². The molecule has 1 fully saturated rings. The highest BCUT2D eigenvalue weighted by molar-refractivity contribution is 7.92. The van der Waals surface area contributed by atoms with Gasteiger partial charge in [0.1, 0.15) is 12.3 Å². The Bertz CT molecular complexity index is 1070. The zero-order valence-electron chi connectivity index (χ0n) is 14.9. The summed E-state index contributed by atoms with van der Waals surface area (Å²) >= 11 is 0. The van der Waals surface area contributed by atoms with Gasteiger partial charge in [-0.2, -0.15) is 8.42 Å². The highest BCUT2D eigenvalue weighted by atomic mass is 32.2. The first kappa shape index (κ1) is 18.3. The number of carbonyl (C=O) groups excluding carboxylic acids is 2. The van der Waals surface area contributed by atoms with E-state index in [2.05, 4.69) is 5.32 Å². The van der Waals surface area contributed by atoms with Gasteiger partial charge in [0.2, 0.25) is 0 Å². The lowest BCUT2D eigenvalue weighted by Gasteiger charge is -2.19. The van der Waals surface area contributed by atoms with Gasteiger partial charge in [0, 0.05) is 11.6 Å². The van der Waals surface area contributed by atoms with Crippen LogP contribution in [-0.2, 0) is 27.8 Å². The summed E-state index contributed by atoms with van der Waals surface area (Å²) in [6.07, 6.45) is 2.02. The molecule has 0 radical (unpaired) electrons. The van der Waals surface area contributed by atoms with Crippen LogP contribution in [0.2, 0.25) is 0 Å². The van der Waals surface area contributed by atoms with Crippen LogP contribution in [0.1, 0.15) is 27.9 Å². The predicted molar refractivity (Wildman–Crippen MR) is 102 cm³/mol. The molecule has 0 aliphatic carbocycles. The summed E-state index contributed by atoms with van der Waals surface area (Å²) in [5, 5.41) is 13.3. The minimum Gasteiger partial charge on any atom is -0.506 e. The standard InChI is InChI=1S/C19H19N3O5S/c23-17-10-12(5-8-16(17)22-11-18(24)21-28(22,26)27)9-14-7-6-13-3-1-2-4-15(13)19(25)20-14/h1-5,8,10,14,23H,6-7,9,11H2,(H,20,25)(H,21,24). The molecule has 28 heavy (non-hydrogen) atoms. The van der Waals surface area contributed by atoms with Crippen LogP contribution in [0.25, 0.3) is 0 Å². The van der Waals surface area contributed by atoms with Crippen molar-refractivity contribution < 1.29 is 23.1 Å². The highest BCUT2D eigenvalue weighted by Crippen LogP contribution is 2.32. The number of nitrogens with one attached hydrogen (secondary N) is 2. The van der Waals surface area contributed by atoms with Gasteiger partial charge in [0.25, 0.3) is 11.8 Å². The van der Waals surface area contributed by atoms with Crippen LogP contribution < -0.4 is 14.3 Å². The quantitative estimate of drug-likeness (QED) is 0.706. The third-order valence-electron chi connectivity index (χ3n) is 4.97. The fraction of sp³-hybridized carbons (Fsp3) is 0.263. The lowest BCUT2D eigenvalue weighted by molar-refractivity contribution is -0.117. The third kappa shape index (κ3) is 3.40. The summed E-state index contributed by atoms with van der Waals surface area (Å²) in [5.74, 6) is -1.00. The number of rotatable bonds is 3. The number of aryl methyl sites for hydroxylation is 1. The van der Waals surface area contributed by atoms with Crippen molar-refractivity contribution in [1.29, 1.82) is 0 Å². The largest absolute Gasteiger partial charge is 0.506 e. The first-order valence-electron chi connectivity index (χ1n) is 8.87. The summed E-state index contributed by atoms with van der Waals surface area (Å²) in [6, 6.07) is 12.0. The van der Waals surface area contributed by atoms with E-state index in [1.54, 1.807) is 12.1 Å². The highest BCUT2D eigenvalue weighted by Gasteiger charge is 2.35. The van der Waals surface area contributed by atoms with E-state index in [1.807, 2.05) is 22.9 Å². The SMILES string of the molecule is O=C1CN(c2ccc(CC3CCc4ccccc4C(=O)N3)cc2O)S(=O)(=O)N1. The second-order valence-electron chi connectivity index (χ2n) is 6.93. The zero-order chi connectivity index (χ0) is 19.9. The average molecular weight is 401 g/mol. The van der Waals surface area contributed by atoms with Crippen LogP contribution >= 0.6 is 0 Å². The van der Waals surface area contributed by atoms with E-state index in [0.717, 1.165) is 28.3 Å². The van der Waals surface area contributed by atoms with Gasteiger partial charge < -0.3 is 10.4 Å². The normalized spacial score (nSPS) is 20.9. The number of aromatic hydroxyl groups is 1. The van der Waals surface area contributed by atoms with Gasteiger partial charge in [-0.05, 0) is 48.6 Å². The van der Waals surface area contributed by atoms with Gasteiger partial charge >= 0.3 is 10.2 Å². The molecular formula is C19H19N3O5S. The Kier molecular flexibility index (Phi) is 4.46. The molecule has 2 amide bonds. The molecule has 1 atom stereocenters. The minimum absolute atomic E-state index is 0.0411. The van der Waals surface area contributed by atoms with Crippen LogP contribution in [0.5, 0.6) is 5.75 Å². The molecular weight excluding hydrogens is 382 g/mol. The number of fused-ring (bicyclic) bond motifs is 1. The fourth-order valence-electron chi connectivity index (χ4n) is 3.63. The number of nitrogens with zero attached hydrogens (tertiary/aromatic N) is 1. The Morgan fingerprint density at radius 3 is 2.64 bits per heavy atom. The minimum atomic E-state index is -3.98. The Balaban J connectivity index is 1.52. The van der Waals surface area contributed by atoms with Gasteiger partial charge in [0.05, 0.1) is 5.69 Å². The number of hydrogen-bond donors (Lipinski definition) is 3. The van der Waals surface area contributed by atoms with E-state index >= 15 is 0 Å². The Morgan fingerprint density at radius 1 is 1.14 bits per heavy atom. The molecule has 2 heterocycles. The average Bonchev–Trinajstić information content (AvgIpc) is 2.81. The third-order valence-corrected chi connectivity index (χ3v) is 6.36. The second kappa shape index (κ2) is 6.83. The van der Waals surface area contributed by atoms with E-state index in [-0.39, 0.29) is 29.9 Å². The number of amides is 2. The van der Waals surface area contributed by atoms with Gasteiger partial charge in [-0.15, -0.1) is 0 Å². The van der Waals surface area contributed by atoms with Crippen LogP contribution in [-0.4, -0.2) is 37.9 Å². The molecule has 4 rings (SSSR count). The number of anilines is 1. The molecule has 2 aromatic carbocycles. The number of phenolic OH excluding ortho intramolecular Hbond substituents is 1. The van der Waals surface area contributed by atoms with Gasteiger partial charge in [-0.25, -0.2) is 9.03 Å². The Hall–Kier alpha value is -3.07. The van der Waals surface area contributed by atoms with Crippen molar-refractivity contribution in [2.75, 3.05) is 10.8 Å². The maximum Gasteiger partial charge on any atom is 0.326 e. The molecule has 2 aromatic rings. The summed E-state index contributed by atoms with van der Waals surface area (Å²) < 4.78 is 26.6. The van der Waals surface area contributed by atoms with E-state index < -0.39 is 16.1 Å². The first-order chi connectivity index (χ1) is 13.3. The van der Waals surface area contributed by atoms with Crippen molar-refractivity contribution in [2.24, 2.45) is 0 Å². The van der Waals surface area contributed by atoms with Crippen molar-refractivity contribution in [3.05, 3.63) is 59.2 Å². The summed E-state index contributed by atoms with van der Waals surface area (Å²) in [4.78, 5) is 23.8. The second-order valence-corrected chi connectivity index (χ2v) is 8.53. The number of hydrogen-bond acceptors (Lipinski definition) is 5. The maximum atomic E-state index is 12.4. The molecule has 9 heteroatoms. The molecule has 8 nitrogen and oxygen atoms in total. The number of benzene rings is 2. The van der Waals surface area contributed by atoms with Crippen LogP contribution in [0, 0.1) is 0 Å². The zero-order valence-corrected chi connectivity index (χ0v) is 15.7. The molecule has 146 valence electrons. The summed E-state index contributed by atoms with van der Waals surface area (Å²) in [5.41, 5.74) is 2.49. The van der Waals surface area contributed by atoms with Crippen molar-refractivity contribution >= 4 is 27.7 Å². The molecule has 2 aliphatic rings. The van der Waals surface area contributed by atoms with Crippen LogP contribution in [0.4, 0.5) is 5.69 Å². The van der Waals surface area contributed by atoms with E-state index in [4.69, 9.17) is 0 Å². The first-order valence-corrected chi connectivity index (χ1v) is 10.3.